The van der Waals surface area contributed by atoms with E-state index in [9.17, 15) is 4.79 Å². The number of thiophene rings is 2. The second-order valence-electron chi connectivity index (χ2n) is 7.64. The number of anilines is 2. The molecule has 0 fully saturated rings. The first kappa shape index (κ1) is 20.0. The van der Waals surface area contributed by atoms with Crippen LogP contribution in [0, 0.1) is 6.92 Å². The largest absolute Gasteiger partial charge is 0.459 e. The molecule has 0 aromatic carbocycles. The summed E-state index contributed by atoms with van der Waals surface area (Å²) in [6.45, 7) is 1.99. The van der Waals surface area contributed by atoms with Crippen LogP contribution in [0.2, 0.25) is 0 Å². The van der Waals surface area contributed by atoms with Crippen LogP contribution in [0.3, 0.4) is 0 Å². The average Bonchev–Trinajstić information content (AvgIpc) is 3.53. The van der Waals surface area contributed by atoms with E-state index in [0.717, 1.165) is 34.9 Å². The van der Waals surface area contributed by atoms with Gasteiger partial charge in [0.25, 0.3) is 5.91 Å². The molecule has 158 valence electrons. The number of pyridine rings is 1. The van der Waals surface area contributed by atoms with Gasteiger partial charge in [0.15, 0.2) is 5.76 Å². The number of fused-ring (bicyclic) bond motifs is 1. The molecule has 2 N–H and O–H groups in total. The summed E-state index contributed by atoms with van der Waals surface area (Å²) < 4.78 is 5.32. The zero-order chi connectivity index (χ0) is 21.2. The van der Waals surface area contributed by atoms with Crippen LogP contribution in [0.15, 0.2) is 58.5 Å². The first-order chi connectivity index (χ1) is 15.2. The monoisotopic (exact) mass is 449 g/mol. The van der Waals surface area contributed by atoms with Gasteiger partial charge in [-0.25, -0.2) is 4.98 Å². The maximum absolute atomic E-state index is 12.8. The molecule has 31 heavy (non-hydrogen) atoms. The van der Waals surface area contributed by atoms with E-state index in [4.69, 9.17) is 4.42 Å². The molecule has 0 radical (unpaired) electrons. The maximum Gasteiger partial charge on any atom is 0.291 e. The molecule has 1 aliphatic carbocycles. The summed E-state index contributed by atoms with van der Waals surface area (Å²) in [5.74, 6) is 0.930. The lowest BCUT2D eigenvalue weighted by molar-refractivity contribution is 0.0997. The van der Waals surface area contributed by atoms with Crippen molar-refractivity contribution in [3.8, 4) is 0 Å². The normalized spacial score (nSPS) is 14.1. The quantitative estimate of drug-likeness (QED) is 0.355. The molecule has 1 aliphatic rings. The van der Waals surface area contributed by atoms with E-state index in [0.29, 0.717) is 5.76 Å². The molecular formula is C24H23N3O2S2. The number of hydrogen-bond donors (Lipinski definition) is 2. The van der Waals surface area contributed by atoms with Gasteiger partial charge in [-0.15, -0.1) is 22.7 Å². The number of rotatable bonds is 6. The fourth-order valence-corrected chi connectivity index (χ4v) is 6.18. The van der Waals surface area contributed by atoms with Gasteiger partial charge >= 0.3 is 0 Å². The van der Waals surface area contributed by atoms with E-state index in [1.54, 1.807) is 34.8 Å². The Kier molecular flexibility index (Phi) is 5.61. The summed E-state index contributed by atoms with van der Waals surface area (Å²) in [5, 5.41) is 9.78. The van der Waals surface area contributed by atoms with Gasteiger partial charge in [0.2, 0.25) is 0 Å². The highest BCUT2D eigenvalue weighted by Crippen LogP contribution is 2.45. The van der Waals surface area contributed by atoms with Crippen molar-refractivity contribution in [3.05, 3.63) is 86.4 Å². The third-order valence-electron chi connectivity index (χ3n) is 5.48. The first-order valence-electron chi connectivity index (χ1n) is 10.4. The lowest BCUT2D eigenvalue weighted by Gasteiger charge is -2.23. The maximum atomic E-state index is 12.8. The van der Waals surface area contributed by atoms with Crippen LogP contribution < -0.4 is 10.6 Å². The molecule has 0 aliphatic heterocycles. The van der Waals surface area contributed by atoms with Gasteiger partial charge in [-0.1, -0.05) is 12.1 Å². The zero-order valence-corrected chi connectivity index (χ0v) is 18.8. The Hall–Kier alpha value is -2.90. The summed E-state index contributed by atoms with van der Waals surface area (Å²) in [5.41, 5.74) is 3.49. The molecule has 4 aromatic rings. The van der Waals surface area contributed by atoms with Gasteiger partial charge in [0.05, 0.1) is 12.3 Å². The Morgan fingerprint density at radius 2 is 2.03 bits per heavy atom. The first-order valence-corrected chi connectivity index (χ1v) is 12.1. The van der Waals surface area contributed by atoms with Crippen LogP contribution in [-0.2, 0) is 12.8 Å². The van der Waals surface area contributed by atoms with Crippen LogP contribution in [-0.4, -0.2) is 10.9 Å². The second kappa shape index (κ2) is 8.69. The van der Waals surface area contributed by atoms with Crippen molar-refractivity contribution in [1.82, 2.24) is 4.98 Å². The van der Waals surface area contributed by atoms with Gasteiger partial charge in [0, 0.05) is 21.0 Å². The van der Waals surface area contributed by atoms with Gasteiger partial charge < -0.3 is 15.1 Å². The molecule has 7 heteroatoms. The Bertz CT molecular complexity index is 1180. The molecule has 5 nitrogen and oxygen atoms in total. The van der Waals surface area contributed by atoms with Crippen LogP contribution in [0.1, 0.15) is 56.0 Å². The second-order valence-corrected chi connectivity index (χ2v) is 9.73. The lowest BCUT2D eigenvalue weighted by atomic mass is 9.91. The molecular weight excluding hydrogens is 426 g/mol. The van der Waals surface area contributed by atoms with Gasteiger partial charge in [0.1, 0.15) is 10.8 Å². The van der Waals surface area contributed by atoms with E-state index < -0.39 is 0 Å². The molecule has 1 atom stereocenters. The molecule has 4 aromatic heterocycles. The minimum absolute atomic E-state index is 0.0840. The summed E-state index contributed by atoms with van der Waals surface area (Å²) in [4.78, 5) is 20.1. The molecule has 0 spiro atoms. The van der Waals surface area contributed by atoms with Crippen LogP contribution in [0.5, 0.6) is 0 Å². The smallest absolute Gasteiger partial charge is 0.291 e. The molecule has 0 saturated heterocycles. The Labute approximate surface area is 189 Å². The third-order valence-corrected chi connectivity index (χ3v) is 7.64. The van der Waals surface area contributed by atoms with Crippen LogP contribution >= 0.6 is 22.7 Å². The number of furan rings is 1. The number of hydrogen-bond acceptors (Lipinski definition) is 6. The molecule has 4 heterocycles. The molecule has 0 unspecified atom stereocenters. The highest BCUT2D eigenvalue weighted by Gasteiger charge is 2.29. The summed E-state index contributed by atoms with van der Waals surface area (Å²) in [7, 11) is 0. The molecule has 0 saturated carbocycles. The topological polar surface area (TPSA) is 67.2 Å². The van der Waals surface area contributed by atoms with Crippen molar-refractivity contribution in [2.45, 2.75) is 38.6 Å². The summed E-state index contributed by atoms with van der Waals surface area (Å²) in [6.07, 6.45) is 5.97. The minimum atomic E-state index is -0.219. The standard InChI is InChI=1S/C24H23N3O2S2/c1-15-7-4-12-20(25-15)26-22(19-11-6-14-30-19)21-16-8-2-3-10-18(16)31-24(21)27-23(28)17-9-5-13-29-17/h4-7,9,11-14,22H,2-3,8,10H2,1H3,(H,25,26)(H,27,28)/t22-/m1/s1. The van der Waals surface area contributed by atoms with Crippen molar-refractivity contribution in [2.75, 3.05) is 10.6 Å². The lowest BCUT2D eigenvalue weighted by Crippen LogP contribution is -2.18. The molecule has 1 amide bonds. The number of carbonyl (C=O) groups excluding carboxylic acids is 1. The predicted molar refractivity (Wildman–Crippen MR) is 126 cm³/mol. The SMILES string of the molecule is Cc1cccc(N[C@H](c2cccs2)c2c(NC(=O)c3ccco3)sc3c2CCCC3)n1. The summed E-state index contributed by atoms with van der Waals surface area (Å²) in [6, 6.07) is 13.5. The van der Waals surface area contributed by atoms with E-state index in [-0.39, 0.29) is 11.9 Å². The van der Waals surface area contributed by atoms with Gasteiger partial charge in [-0.3, -0.25) is 4.79 Å². The van der Waals surface area contributed by atoms with Crippen LogP contribution in [0.25, 0.3) is 0 Å². The van der Waals surface area contributed by atoms with Gasteiger partial charge in [-0.2, -0.15) is 0 Å². The van der Waals surface area contributed by atoms with E-state index in [1.165, 1.54) is 34.4 Å². The highest BCUT2D eigenvalue weighted by atomic mass is 32.1. The fraction of sp³-hybridized carbons (Fsp3) is 0.250. The van der Waals surface area contributed by atoms with Crippen LogP contribution in [0.4, 0.5) is 10.8 Å². The average molecular weight is 450 g/mol. The Morgan fingerprint density at radius 1 is 1.13 bits per heavy atom. The van der Waals surface area contributed by atoms with Crippen molar-refractivity contribution in [2.24, 2.45) is 0 Å². The van der Waals surface area contributed by atoms with Crippen molar-refractivity contribution >= 4 is 39.4 Å². The zero-order valence-electron chi connectivity index (χ0n) is 17.2. The van der Waals surface area contributed by atoms with E-state index in [2.05, 4.69) is 33.1 Å². The van der Waals surface area contributed by atoms with E-state index in [1.807, 2.05) is 25.1 Å². The number of amides is 1. The number of carbonyl (C=O) groups is 1. The number of nitrogens with one attached hydrogen (secondary N) is 2. The van der Waals surface area contributed by atoms with Gasteiger partial charge in [-0.05, 0) is 73.9 Å². The summed E-state index contributed by atoms with van der Waals surface area (Å²) >= 11 is 3.41. The number of nitrogens with zero attached hydrogens (tertiary/aromatic N) is 1. The fourth-order valence-electron chi connectivity index (χ4n) is 4.07. The van der Waals surface area contributed by atoms with Crippen molar-refractivity contribution in [1.29, 1.82) is 0 Å². The van der Waals surface area contributed by atoms with E-state index >= 15 is 0 Å². The Morgan fingerprint density at radius 3 is 2.81 bits per heavy atom. The Balaban J connectivity index is 1.59. The minimum Gasteiger partial charge on any atom is -0.459 e. The number of aromatic nitrogens is 1. The third kappa shape index (κ3) is 4.16. The predicted octanol–water partition coefficient (Wildman–Crippen LogP) is 6.44. The highest BCUT2D eigenvalue weighted by molar-refractivity contribution is 7.16. The molecule has 5 rings (SSSR count). The molecule has 0 bridgehead atoms. The van der Waals surface area contributed by atoms with Crippen molar-refractivity contribution < 1.29 is 9.21 Å². The van der Waals surface area contributed by atoms with Crippen molar-refractivity contribution in [3.63, 3.8) is 0 Å². The number of aryl methyl sites for hydroxylation is 2.